The van der Waals surface area contributed by atoms with Crippen molar-refractivity contribution in [3.63, 3.8) is 0 Å². The van der Waals surface area contributed by atoms with Gasteiger partial charge in [0, 0.05) is 13.1 Å². The first-order valence-electron chi connectivity index (χ1n) is 17.5. The Morgan fingerprint density at radius 2 is 0.762 bits per heavy atom. The minimum atomic E-state index is 0.683. The number of rotatable bonds is 27. The summed E-state index contributed by atoms with van der Waals surface area (Å²) in [5.41, 5.74) is 4.98. The molecule has 0 amide bonds. The first kappa shape index (κ1) is 36.5. The molecule has 42 heavy (non-hydrogen) atoms. The molecule has 0 N–H and O–H groups in total. The Kier molecular flexibility index (Phi) is 21.4. The zero-order chi connectivity index (χ0) is 30.1. The highest BCUT2D eigenvalue weighted by molar-refractivity contribution is 5.63. The van der Waals surface area contributed by atoms with Crippen molar-refractivity contribution in [1.29, 1.82) is 0 Å². The fraction of sp³-hybridized carbons (Fsp3) is 0.684. The molecule has 0 aliphatic carbocycles. The summed E-state index contributed by atoms with van der Waals surface area (Å²) in [5.74, 6) is 0. The summed E-state index contributed by atoms with van der Waals surface area (Å²) in [5, 5.41) is 0. The highest BCUT2D eigenvalue weighted by Gasteiger charge is 2.06. The standard InChI is InChI=1S/C38H64N2O2/c1-5-9-13-15-27-39(25-11-7-3)29-31-41-33-35-17-21-37(22-18-35)38-23-19-36(20-24-38)34-42-32-30-40(26-12-8-4)28-16-14-10-6-2/h17-24H,5-16,25-34H2,1-4H3. The largest absolute Gasteiger partial charge is 0.375 e. The molecule has 2 aromatic rings. The Morgan fingerprint density at radius 1 is 0.405 bits per heavy atom. The summed E-state index contributed by atoms with van der Waals surface area (Å²) < 4.78 is 12.1. The minimum absolute atomic E-state index is 0.683. The molecule has 0 aliphatic heterocycles. The number of ether oxygens (including phenoxy) is 2. The fourth-order valence-electron chi connectivity index (χ4n) is 5.31. The van der Waals surface area contributed by atoms with Crippen molar-refractivity contribution in [3.8, 4) is 11.1 Å². The van der Waals surface area contributed by atoms with Gasteiger partial charge in [0.15, 0.2) is 0 Å². The van der Waals surface area contributed by atoms with Crippen LogP contribution in [0, 0.1) is 0 Å². The summed E-state index contributed by atoms with van der Waals surface area (Å²) in [4.78, 5) is 5.18. The van der Waals surface area contributed by atoms with Crippen LogP contribution in [0.5, 0.6) is 0 Å². The van der Waals surface area contributed by atoms with E-state index in [-0.39, 0.29) is 0 Å². The first-order valence-corrected chi connectivity index (χ1v) is 17.5. The first-order chi connectivity index (χ1) is 20.7. The summed E-state index contributed by atoms with van der Waals surface area (Å²) in [7, 11) is 0. The Balaban J connectivity index is 1.70. The lowest BCUT2D eigenvalue weighted by molar-refractivity contribution is 0.0913. The monoisotopic (exact) mass is 580 g/mol. The molecule has 0 unspecified atom stereocenters. The van der Waals surface area contributed by atoms with Crippen LogP contribution in [0.3, 0.4) is 0 Å². The van der Waals surface area contributed by atoms with Gasteiger partial charge in [-0.25, -0.2) is 0 Å². The van der Waals surface area contributed by atoms with Crippen LogP contribution in [0.4, 0.5) is 0 Å². The fourth-order valence-corrected chi connectivity index (χ4v) is 5.31. The van der Waals surface area contributed by atoms with Crippen LogP contribution in [0.1, 0.15) is 116 Å². The van der Waals surface area contributed by atoms with E-state index in [9.17, 15) is 0 Å². The lowest BCUT2D eigenvalue weighted by Crippen LogP contribution is -2.29. The molecule has 0 fully saturated rings. The highest BCUT2D eigenvalue weighted by Crippen LogP contribution is 2.21. The average Bonchev–Trinajstić information content (AvgIpc) is 3.02. The molecule has 0 atom stereocenters. The molecule has 238 valence electrons. The molecule has 4 nitrogen and oxygen atoms in total. The molecule has 0 aliphatic rings. The molecule has 4 heteroatoms. The zero-order valence-corrected chi connectivity index (χ0v) is 27.9. The van der Waals surface area contributed by atoms with Gasteiger partial charge in [0.1, 0.15) is 0 Å². The third-order valence-corrected chi connectivity index (χ3v) is 8.19. The predicted octanol–water partition coefficient (Wildman–Crippen LogP) is 9.75. The second kappa shape index (κ2) is 24.7. The van der Waals surface area contributed by atoms with Crippen molar-refractivity contribution in [2.75, 3.05) is 52.5 Å². The molecule has 2 rings (SSSR count). The molecular formula is C38H64N2O2. The lowest BCUT2D eigenvalue weighted by atomic mass is 10.0. The van der Waals surface area contributed by atoms with Crippen molar-refractivity contribution in [2.24, 2.45) is 0 Å². The molecule has 0 spiro atoms. The Bertz CT molecular complexity index is 794. The van der Waals surface area contributed by atoms with Crippen molar-refractivity contribution in [3.05, 3.63) is 59.7 Å². The van der Waals surface area contributed by atoms with E-state index in [4.69, 9.17) is 9.47 Å². The van der Waals surface area contributed by atoms with E-state index in [1.807, 2.05) is 0 Å². The Morgan fingerprint density at radius 3 is 1.12 bits per heavy atom. The topological polar surface area (TPSA) is 24.9 Å². The van der Waals surface area contributed by atoms with Gasteiger partial charge in [0.25, 0.3) is 0 Å². The van der Waals surface area contributed by atoms with Crippen LogP contribution in [-0.4, -0.2) is 62.3 Å². The molecular weight excluding hydrogens is 516 g/mol. The normalized spacial score (nSPS) is 11.7. The summed E-state index contributed by atoms with van der Waals surface area (Å²) >= 11 is 0. The van der Waals surface area contributed by atoms with Gasteiger partial charge in [-0.1, -0.05) is 128 Å². The number of nitrogens with zero attached hydrogens (tertiary/aromatic N) is 2. The minimum Gasteiger partial charge on any atom is -0.375 e. The molecule has 0 bridgehead atoms. The van der Waals surface area contributed by atoms with E-state index >= 15 is 0 Å². The third-order valence-electron chi connectivity index (χ3n) is 8.19. The van der Waals surface area contributed by atoms with E-state index in [1.54, 1.807) is 0 Å². The third kappa shape index (κ3) is 16.8. The Hall–Kier alpha value is -1.72. The molecule has 0 saturated heterocycles. The van der Waals surface area contributed by atoms with Gasteiger partial charge in [0.05, 0.1) is 26.4 Å². The van der Waals surface area contributed by atoms with E-state index in [1.165, 1.54) is 125 Å². The van der Waals surface area contributed by atoms with Crippen LogP contribution in [0.15, 0.2) is 48.5 Å². The number of unbranched alkanes of at least 4 members (excludes halogenated alkanes) is 8. The second-order valence-electron chi connectivity index (χ2n) is 12.0. The van der Waals surface area contributed by atoms with E-state index in [0.717, 1.165) is 26.3 Å². The number of hydrogen-bond donors (Lipinski definition) is 0. The van der Waals surface area contributed by atoms with E-state index < -0.39 is 0 Å². The van der Waals surface area contributed by atoms with E-state index in [2.05, 4.69) is 86.0 Å². The van der Waals surface area contributed by atoms with Crippen molar-refractivity contribution < 1.29 is 9.47 Å². The highest BCUT2D eigenvalue weighted by atomic mass is 16.5. The summed E-state index contributed by atoms with van der Waals surface area (Å²) in [6, 6.07) is 17.7. The maximum Gasteiger partial charge on any atom is 0.0717 e. The molecule has 0 heterocycles. The van der Waals surface area contributed by atoms with Crippen LogP contribution in [-0.2, 0) is 22.7 Å². The SMILES string of the molecule is CCCCCCN(CCCC)CCOCc1ccc(-c2ccc(COCCN(CCCC)CCCCCC)cc2)cc1. The van der Waals surface area contributed by atoms with Crippen LogP contribution >= 0.6 is 0 Å². The van der Waals surface area contributed by atoms with Crippen molar-refractivity contribution in [1.82, 2.24) is 9.80 Å². The van der Waals surface area contributed by atoms with Gasteiger partial charge < -0.3 is 19.3 Å². The maximum absolute atomic E-state index is 6.07. The van der Waals surface area contributed by atoms with Gasteiger partial charge >= 0.3 is 0 Å². The molecule has 0 aromatic heterocycles. The number of hydrogen-bond acceptors (Lipinski definition) is 4. The van der Waals surface area contributed by atoms with Crippen LogP contribution in [0.25, 0.3) is 11.1 Å². The van der Waals surface area contributed by atoms with Crippen LogP contribution < -0.4 is 0 Å². The van der Waals surface area contributed by atoms with Crippen LogP contribution in [0.2, 0.25) is 0 Å². The quantitative estimate of drug-likeness (QED) is 0.0982. The molecule has 0 saturated carbocycles. The summed E-state index contributed by atoms with van der Waals surface area (Å²) in [6.45, 7) is 19.0. The van der Waals surface area contributed by atoms with Gasteiger partial charge in [-0.15, -0.1) is 0 Å². The van der Waals surface area contributed by atoms with Gasteiger partial charge in [0.2, 0.25) is 0 Å². The second-order valence-corrected chi connectivity index (χ2v) is 12.0. The van der Waals surface area contributed by atoms with Gasteiger partial charge in [-0.3, -0.25) is 0 Å². The molecule has 2 aromatic carbocycles. The van der Waals surface area contributed by atoms with Crippen molar-refractivity contribution in [2.45, 2.75) is 118 Å². The van der Waals surface area contributed by atoms with Gasteiger partial charge in [-0.05, 0) is 74.1 Å². The average molecular weight is 581 g/mol. The zero-order valence-electron chi connectivity index (χ0n) is 27.9. The van der Waals surface area contributed by atoms with Crippen molar-refractivity contribution >= 4 is 0 Å². The predicted molar refractivity (Wildman–Crippen MR) is 182 cm³/mol. The smallest absolute Gasteiger partial charge is 0.0717 e. The Labute approximate surface area is 260 Å². The molecule has 0 radical (unpaired) electrons. The lowest BCUT2D eigenvalue weighted by Gasteiger charge is -2.22. The van der Waals surface area contributed by atoms with Gasteiger partial charge in [-0.2, -0.15) is 0 Å². The summed E-state index contributed by atoms with van der Waals surface area (Å²) in [6.07, 6.45) is 15.7. The maximum atomic E-state index is 6.07. The number of benzene rings is 2. The van der Waals surface area contributed by atoms with E-state index in [0.29, 0.717) is 13.2 Å².